The number of carbonyl (C=O) groups excluding carboxylic acids is 2. The Morgan fingerprint density at radius 1 is 1.09 bits per heavy atom. The molecule has 2 aliphatic carbocycles. The molecule has 0 unspecified atom stereocenters. The summed E-state index contributed by atoms with van der Waals surface area (Å²) < 4.78 is 10.9. The maximum Gasteiger partial charge on any atom is 0.327 e. The molecule has 0 aromatic heterocycles. The first-order chi connectivity index (χ1) is 15.4. The van der Waals surface area contributed by atoms with Gasteiger partial charge in [-0.2, -0.15) is 11.8 Å². The maximum absolute atomic E-state index is 13.3. The number of thioether (sulfide) groups is 1. The van der Waals surface area contributed by atoms with Crippen molar-refractivity contribution in [2.45, 2.75) is 36.5 Å². The molecule has 5 nitrogen and oxygen atoms in total. The number of nitrogens with two attached hydrogens (primary N) is 1. The number of benzene rings is 2. The molecule has 2 N–H and O–H groups in total. The SMILES string of the molecule is CCOC(=O)[C@@H]1[C@@H]2C[C@@H](SCc3ccc(Cl)c(Cl)c3)[C@@](N)(C(=O)OCc3ccccc3)[C@H]21. The second kappa shape index (κ2) is 9.64. The Bertz CT molecular complexity index is 1000. The predicted molar refractivity (Wildman–Crippen MR) is 126 cm³/mol. The fourth-order valence-corrected chi connectivity index (χ4v) is 6.46. The molecule has 0 aliphatic heterocycles. The zero-order chi connectivity index (χ0) is 22.9. The van der Waals surface area contributed by atoms with E-state index in [0.717, 1.165) is 11.1 Å². The van der Waals surface area contributed by atoms with E-state index in [1.54, 1.807) is 24.8 Å². The van der Waals surface area contributed by atoms with E-state index >= 15 is 0 Å². The smallest absolute Gasteiger partial charge is 0.327 e. The number of ether oxygens (including phenoxy) is 2. The van der Waals surface area contributed by atoms with Crippen molar-refractivity contribution in [3.8, 4) is 0 Å². The Morgan fingerprint density at radius 2 is 1.84 bits per heavy atom. The topological polar surface area (TPSA) is 78.6 Å². The van der Waals surface area contributed by atoms with Gasteiger partial charge in [-0.3, -0.25) is 4.79 Å². The molecule has 0 saturated heterocycles. The number of fused-ring (bicyclic) bond motifs is 1. The molecule has 2 aromatic carbocycles. The number of esters is 2. The zero-order valence-electron chi connectivity index (χ0n) is 17.6. The van der Waals surface area contributed by atoms with Gasteiger partial charge >= 0.3 is 11.9 Å². The fraction of sp³-hybridized carbons (Fsp3) is 0.417. The first-order valence-corrected chi connectivity index (χ1v) is 12.4. The first kappa shape index (κ1) is 23.4. The average molecular weight is 494 g/mol. The van der Waals surface area contributed by atoms with Crippen LogP contribution in [0.2, 0.25) is 10.0 Å². The summed E-state index contributed by atoms with van der Waals surface area (Å²) in [4.78, 5) is 25.7. The average Bonchev–Trinajstić information content (AvgIpc) is 3.44. The molecule has 2 saturated carbocycles. The first-order valence-electron chi connectivity index (χ1n) is 10.6. The van der Waals surface area contributed by atoms with Crippen LogP contribution in [0.1, 0.15) is 24.5 Å². The normalized spacial score (nSPS) is 28.1. The van der Waals surface area contributed by atoms with Crippen LogP contribution in [-0.4, -0.2) is 29.3 Å². The van der Waals surface area contributed by atoms with Gasteiger partial charge in [-0.15, -0.1) is 0 Å². The third-order valence-corrected chi connectivity index (χ3v) is 8.52. The van der Waals surface area contributed by atoms with E-state index in [1.807, 2.05) is 42.5 Å². The number of rotatable bonds is 8. The molecule has 2 fully saturated rings. The Kier molecular flexibility index (Phi) is 7.06. The lowest BCUT2D eigenvalue weighted by molar-refractivity contribution is -0.153. The number of hydrogen-bond donors (Lipinski definition) is 1. The highest BCUT2D eigenvalue weighted by Crippen LogP contribution is 2.64. The molecule has 0 bridgehead atoms. The van der Waals surface area contributed by atoms with Crippen LogP contribution in [-0.2, 0) is 31.4 Å². The van der Waals surface area contributed by atoms with Crippen molar-refractivity contribution in [2.75, 3.05) is 6.61 Å². The number of hydrogen-bond acceptors (Lipinski definition) is 6. The number of halogens is 2. The summed E-state index contributed by atoms with van der Waals surface area (Å²) in [5.74, 6) is -0.694. The molecular formula is C24H25Cl2NO4S. The fourth-order valence-electron chi connectivity index (χ4n) is 4.68. The highest BCUT2D eigenvalue weighted by molar-refractivity contribution is 7.99. The molecule has 170 valence electrons. The van der Waals surface area contributed by atoms with Gasteiger partial charge < -0.3 is 15.2 Å². The van der Waals surface area contributed by atoms with Crippen molar-refractivity contribution in [1.82, 2.24) is 0 Å². The highest BCUT2D eigenvalue weighted by atomic mass is 35.5. The summed E-state index contributed by atoms with van der Waals surface area (Å²) in [6.07, 6.45) is 0.664. The second-order valence-electron chi connectivity index (χ2n) is 8.25. The summed E-state index contributed by atoms with van der Waals surface area (Å²) >= 11 is 13.7. The van der Waals surface area contributed by atoms with Gasteiger partial charge in [-0.05, 0) is 42.5 Å². The molecule has 2 aliphatic rings. The molecule has 0 radical (unpaired) electrons. The minimum Gasteiger partial charge on any atom is -0.466 e. The maximum atomic E-state index is 13.3. The highest BCUT2D eigenvalue weighted by Gasteiger charge is 2.74. The van der Waals surface area contributed by atoms with E-state index in [4.69, 9.17) is 38.4 Å². The molecular weight excluding hydrogens is 469 g/mol. The molecule has 5 atom stereocenters. The Hall–Kier alpha value is -1.73. The van der Waals surface area contributed by atoms with Gasteiger partial charge in [0.05, 0.1) is 22.6 Å². The van der Waals surface area contributed by atoms with Crippen molar-refractivity contribution < 1.29 is 19.1 Å². The van der Waals surface area contributed by atoms with Crippen LogP contribution in [0.5, 0.6) is 0 Å². The van der Waals surface area contributed by atoms with Gasteiger partial charge in [0.2, 0.25) is 0 Å². The summed E-state index contributed by atoms with van der Waals surface area (Å²) in [6.45, 7) is 2.22. The van der Waals surface area contributed by atoms with Crippen molar-refractivity contribution in [2.24, 2.45) is 23.5 Å². The minimum absolute atomic E-state index is 0.0367. The lowest BCUT2D eigenvalue weighted by Crippen LogP contribution is -2.57. The molecule has 8 heteroatoms. The lowest BCUT2D eigenvalue weighted by Gasteiger charge is -2.32. The number of carbonyl (C=O) groups is 2. The van der Waals surface area contributed by atoms with Crippen molar-refractivity contribution in [1.29, 1.82) is 0 Å². The van der Waals surface area contributed by atoms with Crippen molar-refractivity contribution >= 4 is 46.9 Å². The summed E-state index contributed by atoms with van der Waals surface area (Å²) in [5, 5.41) is 0.807. The van der Waals surface area contributed by atoms with Crippen LogP contribution < -0.4 is 5.73 Å². The Balaban J connectivity index is 1.49. The van der Waals surface area contributed by atoms with E-state index in [9.17, 15) is 9.59 Å². The molecule has 32 heavy (non-hydrogen) atoms. The second-order valence-corrected chi connectivity index (χ2v) is 10.3. The van der Waals surface area contributed by atoms with Crippen LogP contribution in [0.4, 0.5) is 0 Å². The lowest BCUT2D eigenvalue weighted by atomic mass is 9.91. The predicted octanol–water partition coefficient (Wildman–Crippen LogP) is 4.87. The molecule has 4 rings (SSSR count). The van der Waals surface area contributed by atoms with E-state index in [1.165, 1.54) is 0 Å². The van der Waals surface area contributed by atoms with Crippen LogP contribution >= 0.6 is 35.0 Å². The molecule has 2 aromatic rings. The van der Waals surface area contributed by atoms with E-state index in [-0.39, 0.29) is 35.6 Å². The Morgan fingerprint density at radius 3 is 2.53 bits per heavy atom. The van der Waals surface area contributed by atoms with Gasteiger partial charge in [0.1, 0.15) is 12.1 Å². The van der Waals surface area contributed by atoms with Crippen LogP contribution in [0.15, 0.2) is 48.5 Å². The largest absolute Gasteiger partial charge is 0.466 e. The third-order valence-electron chi connectivity index (χ3n) is 6.30. The van der Waals surface area contributed by atoms with Gasteiger partial charge in [0.15, 0.2) is 0 Å². The summed E-state index contributed by atoms with van der Waals surface area (Å²) in [5.41, 5.74) is 7.41. The summed E-state index contributed by atoms with van der Waals surface area (Å²) in [7, 11) is 0. The molecule has 0 amide bonds. The van der Waals surface area contributed by atoms with Gasteiger partial charge in [-0.1, -0.05) is 59.6 Å². The van der Waals surface area contributed by atoms with Gasteiger partial charge in [0, 0.05) is 16.9 Å². The van der Waals surface area contributed by atoms with E-state index in [0.29, 0.717) is 28.8 Å². The van der Waals surface area contributed by atoms with Crippen molar-refractivity contribution in [3.63, 3.8) is 0 Å². The monoisotopic (exact) mass is 493 g/mol. The van der Waals surface area contributed by atoms with Gasteiger partial charge in [0.25, 0.3) is 0 Å². The standard InChI is InChI=1S/C24H25Cl2NO4S/c1-2-30-22(28)20-16-11-19(32-13-15-8-9-17(25)18(26)10-15)24(27,21(16)20)23(29)31-12-14-6-4-3-5-7-14/h3-10,16,19-21H,2,11-13,27H2,1H3/t16-,19+,20+,21+,24-/m0/s1. The Labute approximate surface area is 201 Å². The van der Waals surface area contributed by atoms with Crippen LogP contribution in [0.3, 0.4) is 0 Å². The van der Waals surface area contributed by atoms with Crippen LogP contribution in [0, 0.1) is 17.8 Å². The van der Waals surface area contributed by atoms with Crippen molar-refractivity contribution in [3.05, 3.63) is 69.7 Å². The van der Waals surface area contributed by atoms with Gasteiger partial charge in [-0.25, -0.2) is 4.79 Å². The minimum atomic E-state index is -1.25. The zero-order valence-corrected chi connectivity index (χ0v) is 20.0. The van der Waals surface area contributed by atoms with Crippen LogP contribution in [0.25, 0.3) is 0 Å². The quantitative estimate of drug-likeness (QED) is 0.528. The van der Waals surface area contributed by atoms with E-state index in [2.05, 4.69) is 0 Å². The third kappa shape index (κ3) is 4.51. The summed E-state index contributed by atoms with van der Waals surface area (Å²) in [6, 6.07) is 14.9. The van der Waals surface area contributed by atoms with E-state index < -0.39 is 11.5 Å². The molecule has 0 heterocycles. The molecule has 0 spiro atoms.